The Hall–Kier alpha value is -3.42. The maximum atomic E-state index is 10.9. The van der Waals surface area contributed by atoms with E-state index in [2.05, 4.69) is 0 Å². The predicted molar refractivity (Wildman–Crippen MR) is 99.4 cm³/mol. The number of hydrogen-bond donors (Lipinski definition) is 1. The van der Waals surface area contributed by atoms with Crippen molar-refractivity contribution in [1.82, 2.24) is 0 Å². The number of nitrogens with two attached hydrogens (primary N) is 1. The van der Waals surface area contributed by atoms with E-state index in [4.69, 9.17) is 5.10 Å². The first-order valence-corrected chi connectivity index (χ1v) is 8.10. The normalized spacial score (nSPS) is 13.1. The van der Waals surface area contributed by atoms with Gasteiger partial charge in [-0.3, -0.25) is 10.1 Å². The van der Waals surface area contributed by atoms with E-state index in [1.165, 1.54) is 12.1 Å². The molecule has 136 valence electrons. The molecular formula is C19H16ClN5O2. The molecule has 0 aromatic heterocycles. The van der Waals surface area contributed by atoms with Gasteiger partial charge in [0.1, 0.15) is 5.69 Å². The molecule has 8 heteroatoms. The molecule has 2 N–H and O–H groups in total. The van der Waals surface area contributed by atoms with Crippen LogP contribution in [0, 0.1) is 10.1 Å². The number of benzene rings is 3. The van der Waals surface area contributed by atoms with E-state index in [1.807, 2.05) is 71.2 Å². The predicted octanol–water partition coefficient (Wildman–Crippen LogP) is -0.319. The van der Waals surface area contributed by atoms with Gasteiger partial charge < -0.3 is 12.4 Å². The summed E-state index contributed by atoms with van der Waals surface area (Å²) in [5, 5.41) is 19.3. The zero-order valence-electron chi connectivity index (χ0n) is 14.1. The Kier molecular flexibility index (Phi) is 5.35. The Balaban J connectivity index is 0.00000210. The molecular weight excluding hydrogens is 366 g/mol. The molecule has 1 aliphatic rings. The third-order valence-corrected chi connectivity index (χ3v) is 4.03. The van der Waals surface area contributed by atoms with Crippen LogP contribution in [0.3, 0.4) is 0 Å². The van der Waals surface area contributed by atoms with Gasteiger partial charge in [0.2, 0.25) is 0 Å². The average molecular weight is 382 g/mol. The summed E-state index contributed by atoms with van der Waals surface area (Å²) >= 11 is 0. The van der Waals surface area contributed by atoms with E-state index in [9.17, 15) is 10.1 Å². The fourth-order valence-corrected chi connectivity index (χ4v) is 2.74. The van der Waals surface area contributed by atoms with E-state index < -0.39 is 4.92 Å². The molecule has 0 saturated heterocycles. The first kappa shape index (κ1) is 18.4. The number of para-hydroxylation sites is 1. The number of nitro benzene ring substituents is 1. The van der Waals surface area contributed by atoms with Gasteiger partial charge in [0, 0.05) is 12.1 Å². The molecule has 0 amide bonds. The van der Waals surface area contributed by atoms with Gasteiger partial charge in [-0.1, -0.05) is 41.5 Å². The largest absolute Gasteiger partial charge is 1.00 e. The minimum atomic E-state index is -0.409. The van der Waals surface area contributed by atoms with Crippen molar-refractivity contribution >= 4 is 22.9 Å². The van der Waals surface area contributed by atoms with Crippen LogP contribution in [0.25, 0.3) is 0 Å². The lowest BCUT2D eigenvalue weighted by Gasteiger charge is -2.23. The number of nitro groups is 1. The average Bonchev–Trinajstić information content (AvgIpc) is 3.15. The molecule has 3 aromatic rings. The maximum Gasteiger partial charge on any atom is 0.277 e. The Labute approximate surface area is 162 Å². The van der Waals surface area contributed by atoms with Crippen LogP contribution < -0.4 is 28.1 Å². The number of halogens is 1. The van der Waals surface area contributed by atoms with Gasteiger partial charge in [-0.15, -0.1) is 10.2 Å². The second kappa shape index (κ2) is 7.86. The van der Waals surface area contributed by atoms with Gasteiger partial charge in [0.05, 0.1) is 16.2 Å². The molecule has 0 spiro atoms. The molecule has 0 fully saturated rings. The maximum absolute atomic E-state index is 10.9. The van der Waals surface area contributed by atoms with Crippen LogP contribution in [0.2, 0.25) is 0 Å². The van der Waals surface area contributed by atoms with Crippen LogP contribution in [0.5, 0.6) is 0 Å². The highest BCUT2D eigenvalue weighted by Gasteiger charge is 2.31. The summed E-state index contributed by atoms with van der Waals surface area (Å²) in [5.41, 5.74) is 4.68. The fraction of sp³-hybridized carbons (Fsp3) is 0. The summed E-state index contributed by atoms with van der Waals surface area (Å²) in [5.74, 6) is 0.813. The third-order valence-electron chi connectivity index (χ3n) is 4.03. The molecule has 3 aromatic carbocycles. The number of hydrazine groups is 1. The van der Waals surface area contributed by atoms with Crippen LogP contribution in [0.4, 0.5) is 17.1 Å². The van der Waals surface area contributed by atoms with E-state index in [0.29, 0.717) is 0 Å². The molecule has 0 unspecified atom stereocenters. The number of amidine groups is 1. The molecule has 7 nitrogen and oxygen atoms in total. The lowest BCUT2D eigenvalue weighted by molar-refractivity contribution is -0.545. The highest BCUT2D eigenvalue weighted by atomic mass is 35.5. The van der Waals surface area contributed by atoms with Crippen LogP contribution in [0.1, 0.15) is 5.56 Å². The number of non-ortho nitro benzene ring substituents is 1. The molecule has 27 heavy (non-hydrogen) atoms. The molecule has 4 rings (SSSR count). The van der Waals surface area contributed by atoms with Crippen molar-refractivity contribution in [1.29, 1.82) is 0 Å². The zero-order valence-corrected chi connectivity index (χ0v) is 14.9. The summed E-state index contributed by atoms with van der Waals surface area (Å²) in [6.45, 7) is 0. The van der Waals surface area contributed by atoms with Crippen molar-refractivity contribution in [3.8, 4) is 0 Å². The molecule has 0 atom stereocenters. The van der Waals surface area contributed by atoms with Crippen molar-refractivity contribution in [3.05, 3.63) is 101 Å². The van der Waals surface area contributed by atoms with Crippen LogP contribution in [-0.4, -0.2) is 10.8 Å². The van der Waals surface area contributed by atoms with Crippen LogP contribution in [0.15, 0.2) is 90.0 Å². The van der Waals surface area contributed by atoms with Crippen molar-refractivity contribution in [2.45, 2.75) is 0 Å². The van der Waals surface area contributed by atoms with Crippen molar-refractivity contribution in [3.63, 3.8) is 0 Å². The summed E-state index contributed by atoms with van der Waals surface area (Å²) in [6, 6.07) is 26.1. The van der Waals surface area contributed by atoms with Gasteiger partial charge in [-0.25, -0.2) is 0 Å². The third kappa shape index (κ3) is 3.74. The first-order chi connectivity index (χ1) is 12.7. The SMILES string of the molecule is O=[N+]([O-])c1ccc(N2N=C(c3ccccc3)[NH2+]N2c2ccccc2)cc1.[Cl-]. The summed E-state index contributed by atoms with van der Waals surface area (Å²) < 4.78 is 0. The summed E-state index contributed by atoms with van der Waals surface area (Å²) in [7, 11) is 0. The van der Waals surface area contributed by atoms with Gasteiger partial charge in [0.25, 0.3) is 11.5 Å². The molecule has 0 saturated carbocycles. The number of nitrogens with zero attached hydrogens (tertiary/aromatic N) is 4. The fourth-order valence-electron chi connectivity index (χ4n) is 2.74. The smallest absolute Gasteiger partial charge is 0.277 e. The van der Waals surface area contributed by atoms with Crippen LogP contribution in [-0.2, 0) is 0 Å². The van der Waals surface area contributed by atoms with Gasteiger partial charge in [-0.05, 0) is 36.4 Å². The molecule has 1 heterocycles. The highest BCUT2D eigenvalue weighted by molar-refractivity contribution is 5.93. The second-order valence-corrected chi connectivity index (χ2v) is 5.72. The Morgan fingerprint density at radius 3 is 2.00 bits per heavy atom. The number of anilines is 2. The number of hydrazone groups is 1. The minimum Gasteiger partial charge on any atom is -1.00 e. The second-order valence-electron chi connectivity index (χ2n) is 5.72. The summed E-state index contributed by atoms with van der Waals surface area (Å²) in [6.07, 6.45) is 0. The molecule has 0 radical (unpaired) electrons. The van der Waals surface area contributed by atoms with E-state index in [1.54, 1.807) is 17.3 Å². The zero-order chi connectivity index (χ0) is 17.9. The highest BCUT2D eigenvalue weighted by Crippen LogP contribution is 2.24. The number of quaternary nitrogens is 1. The van der Waals surface area contributed by atoms with E-state index in [0.717, 1.165) is 22.8 Å². The van der Waals surface area contributed by atoms with Gasteiger partial charge in [0.15, 0.2) is 0 Å². The van der Waals surface area contributed by atoms with Crippen molar-refractivity contribution in [2.75, 3.05) is 10.2 Å². The standard InChI is InChI=1S/C19H15N5O2.ClH/c25-24(26)18-13-11-17(12-14-18)23-21-19(15-7-3-1-4-8-15)20-22(23)16-9-5-2-6-10-16;/h1-14H,(H,20,21);1H. The van der Waals surface area contributed by atoms with Gasteiger partial charge >= 0.3 is 0 Å². The summed E-state index contributed by atoms with van der Waals surface area (Å²) in [4.78, 5) is 10.5. The molecule has 0 bridgehead atoms. The van der Waals surface area contributed by atoms with E-state index >= 15 is 0 Å². The number of rotatable bonds is 4. The molecule has 0 aliphatic carbocycles. The van der Waals surface area contributed by atoms with Gasteiger partial charge in [-0.2, -0.15) is 5.43 Å². The van der Waals surface area contributed by atoms with Crippen LogP contribution >= 0.6 is 0 Å². The van der Waals surface area contributed by atoms with Crippen molar-refractivity contribution < 1.29 is 22.8 Å². The number of hydrogen-bond acceptors (Lipinski definition) is 5. The lowest BCUT2D eigenvalue weighted by atomic mass is 10.2. The lowest BCUT2D eigenvalue weighted by Crippen LogP contribution is -3.00. The van der Waals surface area contributed by atoms with Crippen molar-refractivity contribution in [2.24, 2.45) is 5.10 Å². The van der Waals surface area contributed by atoms with E-state index in [-0.39, 0.29) is 18.1 Å². The molecule has 1 aliphatic heterocycles. The minimum absolute atomic E-state index is 0. The first-order valence-electron chi connectivity index (χ1n) is 8.10. The quantitative estimate of drug-likeness (QED) is 0.382. The Morgan fingerprint density at radius 1 is 0.815 bits per heavy atom. The Morgan fingerprint density at radius 2 is 1.41 bits per heavy atom. The Bertz CT molecular complexity index is 949. The monoisotopic (exact) mass is 381 g/mol. The topological polar surface area (TPSA) is 78.6 Å².